The Morgan fingerprint density at radius 2 is 2.37 bits per heavy atom. The fourth-order valence-corrected chi connectivity index (χ4v) is 5.79. The van der Waals surface area contributed by atoms with E-state index in [9.17, 15) is 8.42 Å². The molecule has 0 amide bonds. The van der Waals surface area contributed by atoms with Crippen LogP contribution in [0.4, 0.5) is 0 Å². The maximum Gasteiger partial charge on any atom is 0.244 e. The molecule has 1 aliphatic rings. The minimum absolute atomic E-state index is 0.171. The van der Waals surface area contributed by atoms with E-state index < -0.39 is 16.1 Å². The first-order chi connectivity index (χ1) is 8.82. The second-order valence-electron chi connectivity index (χ2n) is 4.10. The van der Waals surface area contributed by atoms with Gasteiger partial charge < -0.3 is 10.5 Å². The van der Waals surface area contributed by atoms with Crippen LogP contribution in [0.2, 0.25) is 0 Å². The van der Waals surface area contributed by atoms with Crippen molar-refractivity contribution in [3.8, 4) is 0 Å². The summed E-state index contributed by atoms with van der Waals surface area (Å²) in [5.74, 6) is 0. The molecule has 0 aromatic carbocycles. The van der Waals surface area contributed by atoms with Crippen LogP contribution in [0.3, 0.4) is 0 Å². The Balaban J connectivity index is 2.29. The standard InChI is InChI=1S/C10H13BrN2O3S3/c1-6-8(4-9(11)18-6)19(14,15)13-2-3-16-7(5-13)10(12)17/h4,7H,2-3,5H2,1H3,(H2,12,17). The molecule has 2 N–H and O–H groups in total. The van der Waals surface area contributed by atoms with Gasteiger partial charge in [0.15, 0.2) is 0 Å². The van der Waals surface area contributed by atoms with Gasteiger partial charge in [0.2, 0.25) is 10.0 Å². The smallest absolute Gasteiger partial charge is 0.244 e. The SMILES string of the molecule is Cc1sc(Br)cc1S(=O)(=O)N1CCOC(C(N)=S)C1. The molecule has 2 rings (SSSR count). The Morgan fingerprint density at radius 3 is 2.89 bits per heavy atom. The zero-order valence-corrected chi connectivity index (χ0v) is 14.2. The van der Waals surface area contributed by atoms with Crippen molar-refractivity contribution in [2.75, 3.05) is 19.7 Å². The molecule has 1 saturated heterocycles. The Bertz CT molecular complexity index is 599. The second-order valence-corrected chi connectivity index (χ2v) is 9.11. The maximum atomic E-state index is 12.6. The van der Waals surface area contributed by atoms with Crippen molar-refractivity contribution in [3.05, 3.63) is 14.7 Å². The highest BCUT2D eigenvalue weighted by Crippen LogP contribution is 2.32. The summed E-state index contributed by atoms with van der Waals surface area (Å²) >= 11 is 9.56. The van der Waals surface area contributed by atoms with Crippen LogP contribution in [-0.2, 0) is 14.8 Å². The Hall–Kier alpha value is -0.0600. The van der Waals surface area contributed by atoms with Crippen LogP contribution in [0.1, 0.15) is 4.88 Å². The number of rotatable bonds is 3. The third-order valence-electron chi connectivity index (χ3n) is 2.81. The van der Waals surface area contributed by atoms with Crippen molar-refractivity contribution in [2.24, 2.45) is 5.73 Å². The first-order valence-electron chi connectivity index (χ1n) is 5.49. The van der Waals surface area contributed by atoms with E-state index in [-0.39, 0.29) is 11.5 Å². The number of hydrogen-bond donors (Lipinski definition) is 1. The van der Waals surface area contributed by atoms with Gasteiger partial charge in [-0.2, -0.15) is 4.31 Å². The zero-order chi connectivity index (χ0) is 14.2. The molecule has 0 bridgehead atoms. The topological polar surface area (TPSA) is 72.6 Å². The van der Waals surface area contributed by atoms with Crippen LogP contribution >= 0.6 is 39.5 Å². The van der Waals surface area contributed by atoms with Crippen molar-refractivity contribution in [1.29, 1.82) is 0 Å². The number of sulfonamides is 1. The fourth-order valence-electron chi connectivity index (χ4n) is 1.84. The Morgan fingerprint density at radius 1 is 1.68 bits per heavy atom. The summed E-state index contributed by atoms with van der Waals surface area (Å²) in [4.78, 5) is 1.27. The molecule has 1 atom stereocenters. The highest BCUT2D eigenvalue weighted by molar-refractivity contribution is 9.11. The molecule has 19 heavy (non-hydrogen) atoms. The molecular weight excluding hydrogens is 372 g/mol. The third kappa shape index (κ3) is 3.17. The molecule has 1 aromatic rings. The van der Waals surface area contributed by atoms with Gasteiger partial charge in [0.05, 0.1) is 15.3 Å². The lowest BCUT2D eigenvalue weighted by molar-refractivity contribution is 0.0386. The number of nitrogens with two attached hydrogens (primary N) is 1. The first kappa shape index (κ1) is 15.3. The fraction of sp³-hybridized carbons (Fsp3) is 0.500. The number of hydrogen-bond acceptors (Lipinski definition) is 5. The molecule has 0 saturated carbocycles. The van der Waals surface area contributed by atoms with E-state index in [0.717, 1.165) is 8.66 Å². The molecule has 1 unspecified atom stereocenters. The summed E-state index contributed by atoms with van der Waals surface area (Å²) in [6, 6.07) is 1.63. The zero-order valence-electron chi connectivity index (χ0n) is 10.1. The largest absolute Gasteiger partial charge is 0.391 e. The molecular formula is C10H13BrN2O3S3. The van der Waals surface area contributed by atoms with Gasteiger partial charge in [-0.3, -0.25) is 0 Å². The second kappa shape index (κ2) is 5.74. The molecule has 9 heteroatoms. The van der Waals surface area contributed by atoms with Crippen molar-refractivity contribution in [1.82, 2.24) is 4.31 Å². The molecule has 0 aliphatic carbocycles. The van der Waals surface area contributed by atoms with Crippen LogP contribution in [-0.4, -0.2) is 43.5 Å². The normalized spacial score (nSPS) is 21.5. The lowest BCUT2D eigenvalue weighted by atomic mass is 10.3. The van der Waals surface area contributed by atoms with Gasteiger partial charge in [0.1, 0.15) is 11.1 Å². The number of morpholine rings is 1. The van der Waals surface area contributed by atoms with Gasteiger partial charge in [-0.1, -0.05) is 12.2 Å². The summed E-state index contributed by atoms with van der Waals surface area (Å²) < 4.78 is 32.7. The number of aryl methyl sites for hydroxylation is 1. The van der Waals surface area contributed by atoms with Crippen LogP contribution in [0.15, 0.2) is 14.7 Å². The Kier molecular flexibility index (Phi) is 4.63. The highest BCUT2D eigenvalue weighted by Gasteiger charge is 2.33. The summed E-state index contributed by atoms with van der Waals surface area (Å²) in [6.45, 7) is 2.57. The summed E-state index contributed by atoms with van der Waals surface area (Å²) in [5, 5.41) is 0. The van der Waals surface area contributed by atoms with Crippen molar-refractivity contribution in [3.63, 3.8) is 0 Å². The quantitative estimate of drug-likeness (QED) is 0.799. The van der Waals surface area contributed by atoms with E-state index in [0.29, 0.717) is 18.0 Å². The van der Waals surface area contributed by atoms with E-state index in [2.05, 4.69) is 15.9 Å². The number of ether oxygens (including phenoxy) is 1. The summed E-state index contributed by atoms with van der Waals surface area (Å²) in [6.07, 6.45) is -0.513. The van der Waals surface area contributed by atoms with E-state index in [4.69, 9.17) is 22.7 Å². The van der Waals surface area contributed by atoms with Crippen LogP contribution in [0.25, 0.3) is 0 Å². The molecule has 0 spiro atoms. The first-order valence-corrected chi connectivity index (χ1v) is 8.95. The molecule has 2 heterocycles. The minimum atomic E-state index is -3.52. The monoisotopic (exact) mass is 384 g/mol. The van der Waals surface area contributed by atoms with Crippen LogP contribution in [0.5, 0.6) is 0 Å². The average molecular weight is 385 g/mol. The van der Waals surface area contributed by atoms with Gasteiger partial charge in [-0.25, -0.2) is 8.42 Å². The maximum absolute atomic E-state index is 12.6. The molecule has 106 valence electrons. The third-order valence-corrected chi connectivity index (χ3v) is 6.74. The van der Waals surface area contributed by atoms with Crippen molar-refractivity contribution in [2.45, 2.75) is 17.9 Å². The lowest BCUT2D eigenvalue weighted by Crippen LogP contribution is -2.49. The van der Waals surface area contributed by atoms with E-state index >= 15 is 0 Å². The average Bonchev–Trinajstić information content (AvgIpc) is 2.69. The predicted molar refractivity (Wildman–Crippen MR) is 82.0 cm³/mol. The number of thiophene rings is 1. The van der Waals surface area contributed by atoms with Gasteiger partial charge in [0, 0.05) is 18.0 Å². The summed E-state index contributed by atoms with van der Waals surface area (Å²) in [7, 11) is -3.52. The van der Waals surface area contributed by atoms with Gasteiger partial charge in [-0.05, 0) is 28.9 Å². The van der Waals surface area contributed by atoms with E-state index in [1.54, 1.807) is 13.0 Å². The molecule has 1 aliphatic heterocycles. The predicted octanol–water partition coefficient (Wildman–Crippen LogP) is 1.49. The highest BCUT2D eigenvalue weighted by atomic mass is 79.9. The van der Waals surface area contributed by atoms with Gasteiger partial charge >= 0.3 is 0 Å². The number of thiocarbonyl (C=S) groups is 1. The van der Waals surface area contributed by atoms with Gasteiger partial charge in [-0.15, -0.1) is 11.3 Å². The molecule has 1 aromatic heterocycles. The minimum Gasteiger partial charge on any atom is -0.391 e. The van der Waals surface area contributed by atoms with Gasteiger partial charge in [0.25, 0.3) is 0 Å². The van der Waals surface area contributed by atoms with Crippen molar-refractivity contribution < 1.29 is 13.2 Å². The molecule has 1 fully saturated rings. The number of nitrogens with zero attached hydrogens (tertiary/aromatic N) is 1. The molecule has 5 nitrogen and oxygen atoms in total. The lowest BCUT2D eigenvalue weighted by Gasteiger charge is -2.31. The van der Waals surface area contributed by atoms with E-state index in [1.165, 1.54) is 15.6 Å². The summed E-state index contributed by atoms with van der Waals surface area (Å²) in [5.41, 5.74) is 5.52. The Labute approximate surface area is 129 Å². The molecule has 0 radical (unpaired) electrons. The van der Waals surface area contributed by atoms with Crippen LogP contribution in [0, 0.1) is 6.92 Å². The number of halogens is 1. The van der Waals surface area contributed by atoms with E-state index in [1.807, 2.05) is 0 Å². The van der Waals surface area contributed by atoms with Crippen molar-refractivity contribution >= 4 is 54.5 Å². The van der Waals surface area contributed by atoms with Crippen LogP contribution < -0.4 is 5.73 Å².